The molecule has 0 aliphatic rings. The number of carbonyl (C=O) groups is 2. The Balaban J connectivity index is 2.58. The summed E-state index contributed by atoms with van der Waals surface area (Å²) in [6.07, 6.45) is 3.34. The van der Waals surface area contributed by atoms with E-state index in [4.69, 9.17) is 5.11 Å². The van der Waals surface area contributed by atoms with E-state index in [1.165, 1.54) is 0 Å². The zero-order valence-electron chi connectivity index (χ0n) is 11.2. The lowest BCUT2D eigenvalue weighted by Gasteiger charge is -2.10. The first-order valence-electron chi connectivity index (χ1n) is 5.94. The minimum Gasteiger partial charge on any atom is -0.477 e. The lowest BCUT2D eigenvalue weighted by Crippen LogP contribution is -2.26. The van der Waals surface area contributed by atoms with Crippen LogP contribution in [0.5, 0.6) is 0 Å². The van der Waals surface area contributed by atoms with Crippen molar-refractivity contribution in [1.82, 2.24) is 10.3 Å². The number of nitrogens with one attached hydrogen (secondary N) is 1. The van der Waals surface area contributed by atoms with E-state index in [0.29, 0.717) is 17.1 Å². The average Bonchev–Trinajstić information content (AvgIpc) is 2.72. The summed E-state index contributed by atoms with van der Waals surface area (Å²) in [5.74, 6) is -0.0348. The number of hydrogen-bond donors (Lipinski definition) is 2. The van der Waals surface area contributed by atoms with Crippen LogP contribution in [0.15, 0.2) is 0 Å². The second kappa shape index (κ2) is 7.49. The summed E-state index contributed by atoms with van der Waals surface area (Å²) in [5.41, 5.74) is 0.496. The minimum atomic E-state index is -0.972. The predicted octanol–water partition coefficient (Wildman–Crippen LogP) is 2.47. The second-order valence-corrected chi connectivity index (χ2v) is 6.17. The molecule has 0 radical (unpaired) electrons. The molecule has 0 saturated heterocycles. The van der Waals surface area contributed by atoms with E-state index in [1.54, 1.807) is 18.7 Å². The Morgan fingerprint density at radius 1 is 1.53 bits per heavy atom. The highest BCUT2D eigenvalue weighted by Crippen LogP contribution is 2.23. The van der Waals surface area contributed by atoms with E-state index in [9.17, 15) is 9.59 Å². The van der Waals surface area contributed by atoms with Crippen molar-refractivity contribution in [3.63, 3.8) is 0 Å². The maximum absolute atomic E-state index is 11.7. The molecule has 5 nitrogen and oxygen atoms in total. The van der Waals surface area contributed by atoms with E-state index in [0.717, 1.165) is 23.5 Å². The van der Waals surface area contributed by atoms with Crippen LogP contribution in [0.2, 0.25) is 0 Å². The Labute approximate surface area is 120 Å². The predicted molar refractivity (Wildman–Crippen MR) is 78.0 cm³/mol. The van der Waals surface area contributed by atoms with Gasteiger partial charge in [-0.15, -0.1) is 11.3 Å². The molecular weight excluding hydrogens is 284 g/mol. The van der Waals surface area contributed by atoms with E-state index < -0.39 is 5.97 Å². The Hall–Kier alpha value is -1.08. The molecule has 7 heteroatoms. The zero-order chi connectivity index (χ0) is 14.4. The first kappa shape index (κ1) is 16.0. The number of hydrogen-bond acceptors (Lipinski definition) is 5. The highest BCUT2D eigenvalue weighted by atomic mass is 32.2. The molecule has 1 amide bonds. The molecule has 1 unspecified atom stereocenters. The van der Waals surface area contributed by atoms with Gasteiger partial charge in [-0.25, -0.2) is 9.78 Å². The maximum atomic E-state index is 11.7. The Bertz CT molecular complexity index is 460. The molecule has 19 heavy (non-hydrogen) atoms. The third-order valence-corrected chi connectivity index (χ3v) is 4.53. The van der Waals surface area contributed by atoms with Crippen molar-refractivity contribution < 1.29 is 14.7 Å². The van der Waals surface area contributed by atoms with Gasteiger partial charge in [0.05, 0.1) is 11.7 Å². The van der Waals surface area contributed by atoms with Gasteiger partial charge < -0.3 is 10.4 Å². The summed E-state index contributed by atoms with van der Waals surface area (Å²) in [7, 11) is 0. The molecular formula is C12H18N2O3S2. The summed E-state index contributed by atoms with van der Waals surface area (Å²) >= 11 is 2.83. The topological polar surface area (TPSA) is 79.3 Å². The van der Waals surface area contributed by atoms with Crippen LogP contribution in [0.25, 0.3) is 0 Å². The van der Waals surface area contributed by atoms with Gasteiger partial charge in [-0.3, -0.25) is 4.79 Å². The third-order valence-electron chi connectivity index (χ3n) is 2.51. The van der Waals surface area contributed by atoms with Gasteiger partial charge in [0, 0.05) is 6.42 Å². The van der Waals surface area contributed by atoms with Crippen LogP contribution in [0.1, 0.15) is 46.2 Å². The summed E-state index contributed by atoms with van der Waals surface area (Å²) in [5, 5.41) is 12.4. The van der Waals surface area contributed by atoms with Crippen molar-refractivity contribution in [2.75, 3.05) is 12.0 Å². The van der Waals surface area contributed by atoms with Gasteiger partial charge in [0.15, 0.2) is 0 Å². The number of aromatic nitrogens is 1. The number of carboxylic acid groups (broad SMARTS) is 1. The normalized spacial score (nSPS) is 12.2. The molecule has 1 aromatic rings. The third kappa shape index (κ3) is 4.83. The number of aryl methyl sites for hydroxylation is 1. The van der Waals surface area contributed by atoms with Crippen LogP contribution in [-0.2, 0) is 4.79 Å². The number of amides is 1. The van der Waals surface area contributed by atoms with E-state index in [1.807, 2.05) is 13.2 Å². The van der Waals surface area contributed by atoms with Crippen molar-refractivity contribution in [3.05, 3.63) is 15.6 Å². The standard InChI is InChI=1S/C12H18N2O3S2/c1-7-10(12(16)17)19-11(14-7)8(2)13-9(15)5-4-6-18-3/h8H,4-6H2,1-3H3,(H,13,15)(H,16,17). The molecule has 2 N–H and O–H groups in total. The molecule has 0 bridgehead atoms. The van der Waals surface area contributed by atoms with Crippen LogP contribution in [0.4, 0.5) is 0 Å². The van der Waals surface area contributed by atoms with Gasteiger partial charge in [0.1, 0.15) is 9.88 Å². The maximum Gasteiger partial charge on any atom is 0.347 e. The number of rotatable bonds is 7. The van der Waals surface area contributed by atoms with Crippen molar-refractivity contribution in [3.8, 4) is 0 Å². The largest absolute Gasteiger partial charge is 0.477 e. The lowest BCUT2D eigenvalue weighted by atomic mass is 10.3. The van der Waals surface area contributed by atoms with Gasteiger partial charge in [-0.2, -0.15) is 11.8 Å². The first-order valence-corrected chi connectivity index (χ1v) is 8.15. The SMILES string of the molecule is CSCCCC(=O)NC(C)c1nc(C)c(C(=O)O)s1. The fourth-order valence-corrected chi connectivity index (χ4v) is 2.89. The van der Waals surface area contributed by atoms with Gasteiger partial charge in [-0.05, 0) is 32.3 Å². The number of nitrogens with zero attached hydrogens (tertiary/aromatic N) is 1. The molecule has 0 aliphatic heterocycles. The Kier molecular flexibility index (Phi) is 6.30. The fourth-order valence-electron chi connectivity index (χ4n) is 1.55. The summed E-state index contributed by atoms with van der Waals surface area (Å²) in [4.78, 5) is 27.0. The molecule has 106 valence electrons. The van der Waals surface area contributed by atoms with Crippen LogP contribution < -0.4 is 5.32 Å². The van der Waals surface area contributed by atoms with Crippen LogP contribution in [-0.4, -0.2) is 34.0 Å². The molecule has 0 aliphatic carbocycles. The van der Waals surface area contributed by atoms with Gasteiger partial charge in [0.2, 0.25) is 5.91 Å². The summed E-state index contributed by atoms with van der Waals surface area (Å²) < 4.78 is 0. The number of carboxylic acids is 1. The highest BCUT2D eigenvalue weighted by Gasteiger charge is 2.18. The quantitative estimate of drug-likeness (QED) is 0.756. The molecule has 0 spiro atoms. The second-order valence-electron chi connectivity index (χ2n) is 4.16. The van der Waals surface area contributed by atoms with Crippen molar-refractivity contribution in [2.24, 2.45) is 0 Å². The van der Waals surface area contributed by atoms with Gasteiger partial charge in [0.25, 0.3) is 0 Å². The molecule has 1 heterocycles. The smallest absolute Gasteiger partial charge is 0.347 e. The number of thioether (sulfide) groups is 1. The van der Waals surface area contributed by atoms with Crippen LogP contribution in [0, 0.1) is 6.92 Å². The van der Waals surface area contributed by atoms with Crippen LogP contribution >= 0.6 is 23.1 Å². The zero-order valence-corrected chi connectivity index (χ0v) is 12.9. The Morgan fingerprint density at radius 3 is 2.74 bits per heavy atom. The fraction of sp³-hybridized carbons (Fsp3) is 0.583. The number of aromatic carboxylic acids is 1. The first-order chi connectivity index (χ1) is 8.95. The average molecular weight is 302 g/mol. The van der Waals surface area contributed by atoms with E-state index >= 15 is 0 Å². The van der Waals surface area contributed by atoms with Crippen molar-refractivity contribution >= 4 is 35.0 Å². The van der Waals surface area contributed by atoms with E-state index in [2.05, 4.69) is 10.3 Å². The minimum absolute atomic E-state index is 0.0220. The molecule has 1 rings (SSSR count). The molecule has 1 atom stereocenters. The van der Waals surface area contributed by atoms with Crippen molar-refractivity contribution in [1.29, 1.82) is 0 Å². The number of carbonyl (C=O) groups excluding carboxylic acids is 1. The van der Waals surface area contributed by atoms with Crippen molar-refractivity contribution in [2.45, 2.75) is 32.7 Å². The highest BCUT2D eigenvalue weighted by molar-refractivity contribution is 7.98. The van der Waals surface area contributed by atoms with Gasteiger partial charge in [-0.1, -0.05) is 0 Å². The monoisotopic (exact) mass is 302 g/mol. The molecule has 1 aromatic heterocycles. The number of thiazole rings is 1. The summed E-state index contributed by atoms with van der Waals surface area (Å²) in [6, 6.07) is -0.251. The van der Waals surface area contributed by atoms with Crippen LogP contribution in [0.3, 0.4) is 0 Å². The lowest BCUT2D eigenvalue weighted by molar-refractivity contribution is -0.121. The molecule has 0 aromatic carbocycles. The van der Waals surface area contributed by atoms with E-state index in [-0.39, 0.29) is 16.8 Å². The molecule has 0 fully saturated rings. The molecule has 0 saturated carbocycles. The summed E-state index contributed by atoms with van der Waals surface area (Å²) in [6.45, 7) is 3.48. The van der Waals surface area contributed by atoms with Gasteiger partial charge >= 0.3 is 5.97 Å². The Morgan fingerprint density at radius 2 is 2.21 bits per heavy atom.